The van der Waals surface area contributed by atoms with Gasteiger partial charge < -0.3 is 5.32 Å². The highest BCUT2D eigenvalue weighted by Gasteiger charge is 2.24. The van der Waals surface area contributed by atoms with E-state index in [4.69, 9.17) is 11.6 Å². The fourth-order valence-electron chi connectivity index (χ4n) is 2.49. The Hall–Kier alpha value is -0.540. The normalized spacial score (nSPS) is 14.0. The minimum Gasteiger partial charge on any atom is -0.313 e. The predicted octanol–water partition coefficient (Wildman–Crippen LogP) is 4.46. The maximum absolute atomic E-state index is 6.29. The van der Waals surface area contributed by atoms with Crippen molar-refractivity contribution in [2.24, 2.45) is 5.41 Å². The molecule has 0 saturated carbocycles. The summed E-state index contributed by atoms with van der Waals surface area (Å²) in [5, 5.41) is 8.84. The Morgan fingerprint density at radius 3 is 2.50 bits per heavy atom. The highest BCUT2D eigenvalue weighted by molar-refractivity contribution is 6.31. The topological polar surface area (TPSA) is 29.9 Å². The fourth-order valence-corrected chi connectivity index (χ4v) is 2.71. The molecule has 1 atom stereocenters. The summed E-state index contributed by atoms with van der Waals surface area (Å²) in [6.07, 6.45) is 4.98. The average molecular weight is 300 g/mol. The van der Waals surface area contributed by atoms with Crippen molar-refractivity contribution in [2.75, 3.05) is 6.54 Å². The Balaban J connectivity index is 2.74. The summed E-state index contributed by atoms with van der Waals surface area (Å²) >= 11 is 6.29. The van der Waals surface area contributed by atoms with Crippen LogP contribution in [0.1, 0.15) is 66.1 Å². The molecule has 0 aliphatic heterocycles. The molecular formula is C16H30ClN3. The van der Waals surface area contributed by atoms with Crippen LogP contribution in [0, 0.1) is 5.41 Å². The molecule has 1 N–H and O–H groups in total. The molecule has 20 heavy (non-hydrogen) atoms. The third-order valence-electron chi connectivity index (χ3n) is 3.69. The van der Waals surface area contributed by atoms with Crippen molar-refractivity contribution < 1.29 is 0 Å². The van der Waals surface area contributed by atoms with Crippen LogP contribution in [0.15, 0.2) is 6.20 Å². The zero-order valence-corrected chi connectivity index (χ0v) is 14.6. The Labute approximate surface area is 129 Å². The standard InChI is InChI=1S/C16H30ClN3/c1-7-10-18-15(16(4,5)6)9-8-14-13(17)11-19-20(14)12(2)3/h11-12,15,18H,7-10H2,1-6H3. The molecule has 1 unspecified atom stereocenters. The van der Waals surface area contributed by atoms with Crippen LogP contribution in [0.4, 0.5) is 0 Å². The van der Waals surface area contributed by atoms with Crippen molar-refractivity contribution in [3.8, 4) is 0 Å². The second-order valence-corrected chi connectivity index (χ2v) is 7.30. The molecule has 0 bridgehead atoms. The number of rotatable bonds is 7. The lowest BCUT2D eigenvalue weighted by molar-refractivity contribution is 0.253. The van der Waals surface area contributed by atoms with E-state index in [1.807, 2.05) is 4.68 Å². The minimum atomic E-state index is 0.254. The highest BCUT2D eigenvalue weighted by atomic mass is 35.5. The third kappa shape index (κ3) is 4.78. The maximum Gasteiger partial charge on any atom is 0.0817 e. The van der Waals surface area contributed by atoms with Crippen molar-refractivity contribution >= 4 is 11.6 Å². The Bertz CT molecular complexity index is 404. The molecule has 1 rings (SSSR count). The summed E-state index contributed by atoms with van der Waals surface area (Å²) in [6, 6.07) is 0.850. The van der Waals surface area contributed by atoms with Crippen LogP contribution < -0.4 is 5.32 Å². The van der Waals surface area contributed by atoms with Crippen LogP contribution in [0.5, 0.6) is 0 Å². The summed E-state index contributed by atoms with van der Waals surface area (Å²) < 4.78 is 2.04. The van der Waals surface area contributed by atoms with E-state index in [1.54, 1.807) is 6.20 Å². The van der Waals surface area contributed by atoms with E-state index in [1.165, 1.54) is 0 Å². The van der Waals surface area contributed by atoms with Gasteiger partial charge in [-0.25, -0.2) is 0 Å². The minimum absolute atomic E-state index is 0.254. The summed E-state index contributed by atoms with van der Waals surface area (Å²) in [7, 11) is 0. The second kappa shape index (κ2) is 7.46. The van der Waals surface area contributed by atoms with Gasteiger partial charge in [-0.15, -0.1) is 0 Å². The quantitative estimate of drug-likeness (QED) is 0.805. The van der Waals surface area contributed by atoms with Crippen LogP contribution >= 0.6 is 11.6 Å². The van der Waals surface area contributed by atoms with Gasteiger partial charge in [0.15, 0.2) is 0 Å². The monoisotopic (exact) mass is 299 g/mol. The van der Waals surface area contributed by atoms with Crippen molar-refractivity contribution in [1.29, 1.82) is 0 Å². The SMILES string of the molecule is CCCNC(CCc1c(Cl)cnn1C(C)C)C(C)(C)C. The molecule has 0 fully saturated rings. The van der Waals surface area contributed by atoms with Crippen LogP contribution in [0.25, 0.3) is 0 Å². The van der Waals surface area contributed by atoms with Gasteiger partial charge in [0.05, 0.1) is 16.9 Å². The number of hydrogen-bond acceptors (Lipinski definition) is 2. The molecule has 116 valence electrons. The molecule has 1 heterocycles. The summed E-state index contributed by atoms with van der Waals surface area (Å²) in [5.74, 6) is 0. The first-order chi connectivity index (χ1) is 9.27. The van der Waals surface area contributed by atoms with E-state index >= 15 is 0 Å². The van der Waals surface area contributed by atoms with Crippen molar-refractivity contribution in [3.63, 3.8) is 0 Å². The van der Waals surface area contributed by atoms with Gasteiger partial charge in [0.1, 0.15) is 0 Å². The van der Waals surface area contributed by atoms with E-state index in [2.05, 4.69) is 52.0 Å². The molecule has 3 nitrogen and oxygen atoms in total. The van der Waals surface area contributed by atoms with Gasteiger partial charge in [0, 0.05) is 12.1 Å². The van der Waals surface area contributed by atoms with E-state index in [0.29, 0.717) is 12.1 Å². The van der Waals surface area contributed by atoms with Crippen LogP contribution in [0.3, 0.4) is 0 Å². The van der Waals surface area contributed by atoms with Gasteiger partial charge in [-0.2, -0.15) is 5.10 Å². The number of aromatic nitrogens is 2. The summed E-state index contributed by atoms with van der Waals surface area (Å²) in [6.45, 7) is 14.4. The summed E-state index contributed by atoms with van der Waals surface area (Å²) in [4.78, 5) is 0. The fraction of sp³-hybridized carbons (Fsp3) is 0.812. The zero-order chi connectivity index (χ0) is 15.3. The lowest BCUT2D eigenvalue weighted by atomic mass is 9.83. The highest BCUT2D eigenvalue weighted by Crippen LogP contribution is 2.26. The molecule has 0 aliphatic carbocycles. The van der Waals surface area contributed by atoms with Crippen molar-refractivity contribution in [3.05, 3.63) is 16.9 Å². The third-order valence-corrected chi connectivity index (χ3v) is 4.01. The molecule has 0 aliphatic rings. The van der Waals surface area contributed by atoms with E-state index in [-0.39, 0.29) is 5.41 Å². The molecule has 1 aromatic rings. The number of hydrogen-bond donors (Lipinski definition) is 1. The van der Waals surface area contributed by atoms with Gasteiger partial charge in [-0.05, 0) is 45.1 Å². The average Bonchev–Trinajstić information content (AvgIpc) is 2.69. The van der Waals surface area contributed by atoms with Crippen molar-refractivity contribution in [1.82, 2.24) is 15.1 Å². The Morgan fingerprint density at radius 2 is 2.00 bits per heavy atom. The smallest absolute Gasteiger partial charge is 0.0817 e. The van der Waals surface area contributed by atoms with E-state index in [0.717, 1.165) is 36.5 Å². The predicted molar refractivity (Wildman–Crippen MR) is 87.5 cm³/mol. The first kappa shape index (κ1) is 17.5. The van der Waals surface area contributed by atoms with Gasteiger partial charge in [-0.1, -0.05) is 39.3 Å². The van der Waals surface area contributed by atoms with Gasteiger partial charge in [0.25, 0.3) is 0 Å². The number of nitrogens with zero attached hydrogens (tertiary/aromatic N) is 2. The van der Waals surface area contributed by atoms with Crippen LogP contribution in [-0.4, -0.2) is 22.4 Å². The molecule has 0 amide bonds. The zero-order valence-electron chi connectivity index (χ0n) is 13.8. The Morgan fingerprint density at radius 1 is 1.35 bits per heavy atom. The summed E-state index contributed by atoms with van der Waals surface area (Å²) in [5.41, 5.74) is 1.42. The van der Waals surface area contributed by atoms with E-state index in [9.17, 15) is 0 Å². The maximum atomic E-state index is 6.29. The second-order valence-electron chi connectivity index (χ2n) is 6.89. The largest absolute Gasteiger partial charge is 0.313 e. The number of halogens is 1. The van der Waals surface area contributed by atoms with Crippen LogP contribution in [0.2, 0.25) is 5.02 Å². The lowest BCUT2D eigenvalue weighted by Gasteiger charge is -2.32. The van der Waals surface area contributed by atoms with Gasteiger partial charge >= 0.3 is 0 Å². The van der Waals surface area contributed by atoms with E-state index < -0.39 is 0 Å². The Kier molecular flexibility index (Phi) is 6.53. The molecule has 4 heteroatoms. The molecule has 1 aromatic heterocycles. The van der Waals surface area contributed by atoms with Gasteiger partial charge in [-0.3, -0.25) is 4.68 Å². The molecule has 0 radical (unpaired) electrons. The number of nitrogens with one attached hydrogen (secondary N) is 1. The first-order valence-corrected chi connectivity index (χ1v) is 8.10. The lowest BCUT2D eigenvalue weighted by Crippen LogP contribution is -2.41. The molecule has 0 aromatic carbocycles. The first-order valence-electron chi connectivity index (χ1n) is 7.72. The van der Waals surface area contributed by atoms with Crippen molar-refractivity contribution in [2.45, 2.75) is 72.9 Å². The van der Waals surface area contributed by atoms with Crippen LogP contribution in [-0.2, 0) is 6.42 Å². The molecule has 0 saturated heterocycles. The van der Waals surface area contributed by atoms with Gasteiger partial charge in [0.2, 0.25) is 0 Å². The molecule has 0 spiro atoms. The molecular weight excluding hydrogens is 270 g/mol.